The van der Waals surface area contributed by atoms with Crippen LogP contribution < -0.4 is 4.74 Å². The number of nitro benzene ring substituents is 2. The Bertz CT molecular complexity index is 1200. The number of nitriles is 1. The molecule has 0 aromatic heterocycles. The highest BCUT2D eigenvalue weighted by atomic mass is 127. The number of non-ortho nitro benzene ring substituents is 2. The number of rotatable bonds is 7. The molecule has 0 aliphatic rings. The van der Waals surface area contributed by atoms with Crippen molar-refractivity contribution in [1.82, 2.24) is 0 Å². The molecule has 0 bridgehead atoms. The number of hydrogen-bond donors (Lipinski definition) is 0. The minimum atomic E-state index is -0.489. The lowest BCUT2D eigenvalue weighted by molar-refractivity contribution is -0.385. The predicted molar refractivity (Wildman–Crippen MR) is 123 cm³/mol. The van der Waals surface area contributed by atoms with Crippen LogP contribution in [0.25, 0.3) is 11.6 Å². The molecule has 0 unspecified atom stereocenters. The van der Waals surface area contributed by atoms with E-state index in [0.29, 0.717) is 16.9 Å². The molecular weight excluding hydrogens is 513 g/mol. The Labute approximate surface area is 190 Å². The topological polar surface area (TPSA) is 119 Å². The number of hydrogen-bond acceptors (Lipinski definition) is 6. The summed E-state index contributed by atoms with van der Waals surface area (Å²) >= 11 is 2.13. The van der Waals surface area contributed by atoms with Gasteiger partial charge in [0, 0.05) is 24.3 Å². The fourth-order valence-electron chi connectivity index (χ4n) is 2.71. The second-order valence-corrected chi connectivity index (χ2v) is 7.54. The Kier molecular flexibility index (Phi) is 6.94. The fourth-order valence-corrected chi connectivity index (χ4v) is 3.40. The van der Waals surface area contributed by atoms with Crippen LogP contribution in [0.4, 0.5) is 11.4 Å². The lowest BCUT2D eigenvalue weighted by atomic mass is 10.0. The average molecular weight is 527 g/mol. The van der Waals surface area contributed by atoms with Crippen molar-refractivity contribution in [3.05, 3.63) is 107 Å². The SMILES string of the molecule is N#C/C(=C/c1ccc(OCc2ccc([N+](=O)[O-])cc2)c(I)c1)c1ccc([N+](=O)[O-])cc1. The van der Waals surface area contributed by atoms with Crippen molar-refractivity contribution in [1.29, 1.82) is 5.26 Å². The van der Waals surface area contributed by atoms with Gasteiger partial charge in [0.05, 0.1) is 25.1 Å². The summed E-state index contributed by atoms with van der Waals surface area (Å²) in [7, 11) is 0. The lowest BCUT2D eigenvalue weighted by Crippen LogP contribution is -1.98. The van der Waals surface area contributed by atoms with E-state index in [9.17, 15) is 25.5 Å². The van der Waals surface area contributed by atoms with Gasteiger partial charge in [-0.25, -0.2) is 0 Å². The zero-order valence-electron chi connectivity index (χ0n) is 15.9. The van der Waals surface area contributed by atoms with Crippen LogP contribution in [-0.2, 0) is 6.61 Å². The zero-order valence-corrected chi connectivity index (χ0v) is 18.1. The molecule has 8 nitrogen and oxygen atoms in total. The highest BCUT2D eigenvalue weighted by molar-refractivity contribution is 14.1. The van der Waals surface area contributed by atoms with Crippen molar-refractivity contribution in [2.45, 2.75) is 6.61 Å². The van der Waals surface area contributed by atoms with E-state index in [1.54, 1.807) is 42.5 Å². The summed E-state index contributed by atoms with van der Waals surface area (Å²) in [6.45, 7) is 0.259. The molecule has 0 heterocycles. The van der Waals surface area contributed by atoms with Crippen LogP contribution in [0, 0.1) is 35.1 Å². The third-order valence-electron chi connectivity index (χ3n) is 4.32. The van der Waals surface area contributed by atoms with E-state index in [2.05, 4.69) is 28.7 Å². The van der Waals surface area contributed by atoms with Crippen LogP contribution in [0.1, 0.15) is 16.7 Å². The van der Waals surface area contributed by atoms with Gasteiger partial charge in [-0.15, -0.1) is 0 Å². The smallest absolute Gasteiger partial charge is 0.269 e. The minimum Gasteiger partial charge on any atom is -0.488 e. The normalized spacial score (nSPS) is 10.9. The van der Waals surface area contributed by atoms with Crippen molar-refractivity contribution in [3.63, 3.8) is 0 Å². The maximum Gasteiger partial charge on any atom is 0.269 e. The fraction of sp³-hybridized carbons (Fsp3) is 0.0455. The van der Waals surface area contributed by atoms with Crippen molar-refractivity contribution in [2.24, 2.45) is 0 Å². The molecule has 0 amide bonds. The lowest BCUT2D eigenvalue weighted by Gasteiger charge is -2.09. The highest BCUT2D eigenvalue weighted by Gasteiger charge is 2.09. The van der Waals surface area contributed by atoms with Gasteiger partial charge in [0.15, 0.2) is 0 Å². The maximum absolute atomic E-state index is 10.8. The van der Waals surface area contributed by atoms with Crippen LogP contribution in [0.2, 0.25) is 0 Å². The monoisotopic (exact) mass is 527 g/mol. The molecule has 3 rings (SSSR count). The summed E-state index contributed by atoms with van der Waals surface area (Å²) in [5.74, 6) is 0.643. The van der Waals surface area contributed by atoms with E-state index >= 15 is 0 Å². The largest absolute Gasteiger partial charge is 0.488 e. The van der Waals surface area contributed by atoms with Crippen molar-refractivity contribution < 1.29 is 14.6 Å². The van der Waals surface area contributed by atoms with Gasteiger partial charge >= 0.3 is 0 Å². The maximum atomic E-state index is 10.8. The number of halogens is 1. The summed E-state index contributed by atoms with van der Waals surface area (Å²) in [5, 5.41) is 31.0. The van der Waals surface area contributed by atoms with Gasteiger partial charge in [-0.05, 0) is 81.8 Å². The molecule has 0 radical (unpaired) electrons. The van der Waals surface area contributed by atoms with E-state index < -0.39 is 9.85 Å². The summed E-state index contributed by atoms with van der Waals surface area (Å²) in [6.07, 6.45) is 1.70. The van der Waals surface area contributed by atoms with Crippen molar-refractivity contribution in [3.8, 4) is 11.8 Å². The molecule has 0 N–H and O–H groups in total. The van der Waals surface area contributed by atoms with Crippen LogP contribution in [-0.4, -0.2) is 9.85 Å². The number of allylic oxidation sites excluding steroid dienone is 1. The van der Waals surface area contributed by atoms with Gasteiger partial charge in [0.25, 0.3) is 11.4 Å². The van der Waals surface area contributed by atoms with E-state index in [4.69, 9.17) is 4.74 Å². The number of ether oxygens (including phenoxy) is 1. The molecule has 154 valence electrons. The Morgan fingerprint density at radius 3 is 2.06 bits per heavy atom. The molecule has 0 aliphatic heterocycles. The summed E-state index contributed by atoms with van der Waals surface area (Å²) in [4.78, 5) is 20.6. The molecule has 9 heteroatoms. The summed E-state index contributed by atoms with van der Waals surface area (Å²) in [6, 6.07) is 19.5. The van der Waals surface area contributed by atoms with E-state index in [1.165, 1.54) is 24.3 Å². The van der Waals surface area contributed by atoms with Crippen molar-refractivity contribution in [2.75, 3.05) is 0 Å². The minimum absolute atomic E-state index is 0.0239. The molecule has 0 saturated carbocycles. The number of nitro groups is 2. The first-order chi connectivity index (χ1) is 14.9. The first kappa shape index (κ1) is 21.9. The molecular formula is C22H14IN3O5. The third-order valence-corrected chi connectivity index (χ3v) is 5.16. The molecule has 0 fully saturated rings. The summed E-state index contributed by atoms with van der Waals surface area (Å²) < 4.78 is 6.63. The van der Waals surface area contributed by atoms with Crippen LogP contribution in [0.15, 0.2) is 66.7 Å². The molecule has 0 atom stereocenters. The quantitative estimate of drug-likeness (QED) is 0.127. The summed E-state index contributed by atoms with van der Waals surface area (Å²) in [5.41, 5.74) is 2.53. The van der Waals surface area contributed by atoms with Crippen LogP contribution in [0.5, 0.6) is 5.75 Å². The highest BCUT2D eigenvalue weighted by Crippen LogP contribution is 2.26. The first-order valence-corrected chi connectivity index (χ1v) is 9.97. The van der Waals surface area contributed by atoms with Gasteiger partial charge in [0.2, 0.25) is 0 Å². The molecule has 31 heavy (non-hydrogen) atoms. The average Bonchev–Trinajstić information content (AvgIpc) is 2.77. The second-order valence-electron chi connectivity index (χ2n) is 6.38. The molecule has 3 aromatic carbocycles. The van der Waals surface area contributed by atoms with Gasteiger partial charge in [-0.3, -0.25) is 20.2 Å². The van der Waals surface area contributed by atoms with Crippen LogP contribution >= 0.6 is 22.6 Å². The van der Waals surface area contributed by atoms with Gasteiger partial charge < -0.3 is 4.74 Å². The zero-order chi connectivity index (χ0) is 22.4. The Hall–Kier alpha value is -3.78. The molecule has 0 aliphatic carbocycles. The standard InChI is InChI=1S/C22H14IN3O5/c23-21-12-16(11-18(13-24)17-4-8-20(9-5-17)26(29)30)3-10-22(21)31-14-15-1-6-19(7-2-15)25(27)28/h1-12H,14H2/b18-11-. The van der Waals surface area contributed by atoms with Crippen LogP contribution in [0.3, 0.4) is 0 Å². The Balaban J connectivity index is 1.73. The van der Waals surface area contributed by atoms with Gasteiger partial charge in [0.1, 0.15) is 12.4 Å². The van der Waals surface area contributed by atoms with E-state index in [0.717, 1.165) is 14.7 Å². The molecule has 3 aromatic rings. The molecule has 0 saturated heterocycles. The predicted octanol–water partition coefficient (Wildman–Crippen LogP) is 5.75. The Morgan fingerprint density at radius 1 is 0.968 bits per heavy atom. The van der Waals surface area contributed by atoms with E-state index in [-0.39, 0.29) is 18.0 Å². The Morgan fingerprint density at radius 2 is 1.55 bits per heavy atom. The third kappa shape index (κ3) is 5.64. The number of benzene rings is 3. The molecule has 0 spiro atoms. The van der Waals surface area contributed by atoms with Crippen molar-refractivity contribution >= 4 is 45.6 Å². The van der Waals surface area contributed by atoms with Gasteiger partial charge in [-0.2, -0.15) is 5.26 Å². The number of nitrogens with zero attached hydrogens (tertiary/aromatic N) is 3. The van der Waals surface area contributed by atoms with Gasteiger partial charge in [-0.1, -0.05) is 6.07 Å². The second kappa shape index (κ2) is 9.82. The first-order valence-electron chi connectivity index (χ1n) is 8.89. The van der Waals surface area contributed by atoms with E-state index in [1.807, 2.05) is 6.07 Å².